The number of rotatable bonds is 2. The first-order valence-electron chi connectivity index (χ1n) is 4.40. The SMILES string of the molecule is C#CCN(C)C(=O)c1ccc(C)cc1. The van der Waals surface area contributed by atoms with Gasteiger partial charge >= 0.3 is 0 Å². The number of aryl methyl sites for hydroxylation is 1. The highest BCUT2D eigenvalue weighted by Crippen LogP contribution is 2.05. The van der Waals surface area contributed by atoms with E-state index in [-0.39, 0.29) is 5.91 Å². The second-order valence-electron chi connectivity index (χ2n) is 3.23. The topological polar surface area (TPSA) is 20.3 Å². The van der Waals surface area contributed by atoms with E-state index < -0.39 is 0 Å². The summed E-state index contributed by atoms with van der Waals surface area (Å²) in [6, 6.07) is 7.45. The Hall–Kier alpha value is -1.75. The van der Waals surface area contributed by atoms with E-state index in [1.807, 2.05) is 31.2 Å². The van der Waals surface area contributed by atoms with Crippen LogP contribution < -0.4 is 0 Å². The molecule has 1 aromatic carbocycles. The van der Waals surface area contributed by atoms with Crippen LogP contribution in [-0.2, 0) is 0 Å². The minimum Gasteiger partial charge on any atom is -0.331 e. The summed E-state index contributed by atoms with van der Waals surface area (Å²) in [6.07, 6.45) is 5.13. The Morgan fingerprint density at radius 3 is 2.50 bits per heavy atom. The number of carbonyl (C=O) groups is 1. The first kappa shape index (κ1) is 10.3. The molecule has 0 aliphatic carbocycles. The Labute approximate surface area is 84.5 Å². The second kappa shape index (κ2) is 4.48. The van der Waals surface area contributed by atoms with E-state index in [4.69, 9.17) is 6.42 Å². The molecule has 0 fully saturated rings. The number of carbonyl (C=O) groups excluding carboxylic acids is 1. The zero-order valence-corrected chi connectivity index (χ0v) is 8.45. The van der Waals surface area contributed by atoms with Crippen LogP contribution in [0.5, 0.6) is 0 Å². The number of nitrogens with zero attached hydrogens (tertiary/aromatic N) is 1. The molecule has 72 valence electrons. The molecule has 0 atom stereocenters. The van der Waals surface area contributed by atoms with Gasteiger partial charge in [-0.15, -0.1) is 6.42 Å². The number of amides is 1. The lowest BCUT2D eigenvalue weighted by Gasteiger charge is -2.13. The number of hydrogen-bond acceptors (Lipinski definition) is 1. The van der Waals surface area contributed by atoms with Gasteiger partial charge in [0.15, 0.2) is 0 Å². The molecule has 0 N–H and O–H groups in total. The van der Waals surface area contributed by atoms with Crippen molar-refractivity contribution in [2.75, 3.05) is 13.6 Å². The maximum atomic E-state index is 11.7. The highest BCUT2D eigenvalue weighted by molar-refractivity contribution is 5.94. The Morgan fingerprint density at radius 2 is 2.00 bits per heavy atom. The average molecular weight is 187 g/mol. The fourth-order valence-corrected chi connectivity index (χ4v) is 1.13. The van der Waals surface area contributed by atoms with Gasteiger partial charge in [-0.2, -0.15) is 0 Å². The maximum absolute atomic E-state index is 11.7. The molecule has 0 bridgehead atoms. The average Bonchev–Trinajstić information content (AvgIpc) is 2.18. The predicted octanol–water partition coefficient (Wildman–Crippen LogP) is 1.70. The Morgan fingerprint density at radius 1 is 1.43 bits per heavy atom. The standard InChI is InChI=1S/C12H13NO/c1-4-9-13(3)12(14)11-7-5-10(2)6-8-11/h1,5-8H,9H2,2-3H3. The van der Waals surface area contributed by atoms with Crippen LogP contribution >= 0.6 is 0 Å². The number of hydrogen-bond donors (Lipinski definition) is 0. The summed E-state index contributed by atoms with van der Waals surface area (Å²) in [5.74, 6) is 2.40. The van der Waals surface area contributed by atoms with Crippen molar-refractivity contribution in [2.45, 2.75) is 6.92 Å². The quantitative estimate of drug-likeness (QED) is 0.645. The molecule has 2 heteroatoms. The molecule has 0 aromatic heterocycles. The highest BCUT2D eigenvalue weighted by atomic mass is 16.2. The van der Waals surface area contributed by atoms with E-state index in [9.17, 15) is 4.79 Å². The van der Waals surface area contributed by atoms with Gasteiger partial charge in [0.25, 0.3) is 5.91 Å². The van der Waals surface area contributed by atoms with E-state index in [1.54, 1.807) is 7.05 Å². The third kappa shape index (κ3) is 2.37. The fourth-order valence-electron chi connectivity index (χ4n) is 1.13. The monoisotopic (exact) mass is 187 g/mol. The van der Waals surface area contributed by atoms with Crippen molar-refractivity contribution in [3.8, 4) is 12.3 Å². The lowest BCUT2D eigenvalue weighted by Crippen LogP contribution is -2.26. The van der Waals surface area contributed by atoms with Crippen LogP contribution in [0.1, 0.15) is 15.9 Å². The third-order valence-corrected chi connectivity index (χ3v) is 1.97. The van der Waals surface area contributed by atoms with Crippen molar-refractivity contribution >= 4 is 5.91 Å². The van der Waals surface area contributed by atoms with E-state index in [0.29, 0.717) is 12.1 Å². The summed E-state index contributed by atoms with van der Waals surface area (Å²) >= 11 is 0. The van der Waals surface area contributed by atoms with E-state index in [1.165, 1.54) is 4.90 Å². The van der Waals surface area contributed by atoms with Crippen LogP contribution in [0.4, 0.5) is 0 Å². The van der Waals surface area contributed by atoms with E-state index in [2.05, 4.69) is 5.92 Å². The van der Waals surface area contributed by atoms with Gasteiger partial charge in [-0.1, -0.05) is 23.6 Å². The molecule has 14 heavy (non-hydrogen) atoms. The molecule has 0 heterocycles. The second-order valence-corrected chi connectivity index (χ2v) is 3.23. The Kier molecular flexibility index (Phi) is 3.30. The molecule has 1 rings (SSSR count). The van der Waals surface area contributed by atoms with Gasteiger partial charge in [0.1, 0.15) is 0 Å². The molecule has 0 aliphatic heterocycles. The van der Waals surface area contributed by atoms with Crippen LogP contribution in [0.2, 0.25) is 0 Å². The van der Waals surface area contributed by atoms with Crippen LogP contribution in [-0.4, -0.2) is 24.4 Å². The first-order chi connectivity index (χ1) is 6.65. The number of terminal acetylenes is 1. The van der Waals surface area contributed by atoms with Crippen molar-refractivity contribution in [3.63, 3.8) is 0 Å². The minimum absolute atomic E-state index is 0.0389. The lowest BCUT2D eigenvalue weighted by atomic mass is 10.1. The van der Waals surface area contributed by atoms with Crippen molar-refractivity contribution in [2.24, 2.45) is 0 Å². The summed E-state index contributed by atoms with van der Waals surface area (Å²) in [4.78, 5) is 13.2. The zero-order valence-electron chi connectivity index (χ0n) is 8.45. The first-order valence-corrected chi connectivity index (χ1v) is 4.40. The van der Waals surface area contributed by atoms with Gasteiger partial charge in [0.05, 0.1) is 6.54 Å². The van der Waals surface area contributed by atoms with Crippen LogP contribution in [0.3, 0.4) is 0 Å². The van der Waals surface area contributed by atoms with Crippen molar-refractivity contribution in [3.05, 3.63) is 35.4 Å². The van der Waals surface area contributed by atoms with Gasteiger partial charge in [-0.25, -0.2) is 0 Å². The van der Waals surface area contributed by atoms with Crippen molar-refractivity contribution in [1.29, 1.82) is 0 Å². The largest absolute Gasteiger partial charge is 0.331 e. The van der Waals surface area contributed by atoms with Gasteiger partial charge in [0.2, 0.25) is 0 Å². The van der Waals surface area contributed by atoms with Gasteiger partial charge in [-0.3, -0.25) is 4.79 Å². The van der Waals surface area contributed by atoms with Crippen LogP contribution in [0.25, 0.3) is 0 Å². The smallest absolute Gasteiger partial charge is 0.254 e. The molecule has 1 aromatic rings. The van der Waals surface area contributed by atoms with E-state index >= 15 is 0 Å². The molecule has 0 saturated heterocycles. The van der Waals surface area contributed by atoms with Crippen molar-refractivity contribution in [1.82, 2.24) is 4.90 Å². The molecule has 0 spiro atoms. The van der Waals surface area contributed by atoms with Gasteiger partial charge in [0, 0.05) is 12.6 Å². The third-order valence-electron chi connectivity index (χ3n) is 1.97. The van der Waals surface area contributed by atoms with E-state index in [0.717, 1.165) is 5.56 Å². The highest BCUT2D eigenvalue weighted by Gasteiger charge is 2.09. The zero-order chi connectivity index (χ0) is 10.6. The predicted molar refractivity (Wildman–Crippen MR) is 57.0 cm³/mol. The van der Waals surface area contributed by atoms with Crippen molar-refractivity contribution < 1.29 is 4.79 Å². The number of benzene rings is 1. The molecular weight excluding hydrogens is 174 g/mol. The molecule has 0 saturated carbocycles. The molecule has 0 radical (unpaired) electrons. The van der Waals surface area contributed by atoms with Crippen LogP contribution in [0.15, 0.2) is 24.3 Å². The summed E-state index contributed by atoms with van der Waals surface area (Å²) in [5, 5.41) is 0. The summed E-state index contributed by atoms with van der Waals surface area (Å²) < 4.78 is 0. The maximum Gasteiger partial charge on any atom is 0.254 e. The molecule has 0 unspecified atom stereocenters. The summed E-state index contributed by atoms with van der Waals surface area (Å²) in [5.41, 5.74) is 1.81. The van der Waals surface area contributed by atoms with Gasteiger partial charge in [-0.05, 0) is 19.1 Å². The summed E-state index contributed by atoms with van der Waals surface area (Å²) in [7, 11) is 1.70. The fraction of sp³-hybridized carbons (Fsp3) is 0.250. The van der Waals surface area contributed by atoms with Gasteiger partial charge < -0.3 is 4.90 Å². The molecule has 2 nitrogen and oxygen atoms in total. The molecule has 1 amide bonds. The normalized spacial score (nSPS) is 9.21. The molecular formula is C12H13NO. The summed E-state index contributed by atoms with van der Waals surface area (Å²) in [6.45, 7) is 2.33. The Bertz CT molecular complexity index is 359. The lowest BCUT2D eigenvalue weighted by molar-refractivity contribution is 0.0812. The molecule has 0 aliphatic rings. The minimum atomic E-state index is -0.0389. The Balaban J connectivity index is 2.80. The van der Waals surface area contributed by atoms with Crippen LogP contribution in [0, 0.1) is 19.3 Å².